The molecule has 1 aliphatic carbocycles. The first-order valence-electron chi connectivity index (χ1n) is 8.85. The lowest BCUT2D eigenvalue weighted by Gasteiger charge is -2.38. The third kappa shape index (κ3) is 4.46. The van der Waals surface area contributed by atoms with Gasteiger partial charge in [-0.3, -0.25) is 4.79 Å². The minimum Gasteiger partial charge on any atom is -0.298 e. The highest BCUT2D eigenvalue weighted by atomic mass is 28.3. The molecule has 0 aliphatic heterocycles. The molecule has 0 heterocycles. The third-order valence-corrected chi connectivity index (χ3v) is 11.8. The predicted octanol–water partition coefficient (Wildman–Crippen LogP) is 5.75. The fourth-order valence-corrected chi connectivity index (χ4v) is 9.55. The molecule has 0 saturated heterocycles. The molecule has 0 aromatic heterocycles. The van der Waals surface area contributed by atoms with Gasteiger partial charge in [0.25, 0.3) is 0 Å². The average molecular weight is 307 g/mol. The minimum atomic E-state index is -1.66. The van der Waals surface area contributed by atoms with Crippen LogP contribution in [0.5, 0.6) is 0 Å². The van der Waals surface area contributed by atoms with Crippen molar-refractivity contribution in [1.29, 1.82) is 0 Å². The minimum absolute atomic E-state index is 0.307. The van der Waals surface area contributed by atoms with E-state index in [-0.39, 0.29) is 0 Å². The average Bonchev–Trinajstić information content (AvgIpc) is 2.43. The lowest BCUT2D eigenvalue weighted by Crippen LogP contribution is -2.43. The monoisotopic (exact) mass is 306 g/mol. The molecular formula is C19H34OSi. The summed E-state index contributed by atoms with van der Waals surface area (Å²) >= 11 is 0. The molecule has 21 heavy (non-hydrogen) atoms. The molecule has 0 bridgehead atoms. The summed E-state index contributed by atoms with van der Waals surface area (Å²) in [5.74, 6) is 4.04. The van der Waals surface area contributed by atoms with E-state index >= 15 is 0 Å². The first-order chi connectivity index (χ1) is 9.82. The SMILES string of the molecule is CC(C)[Si](C#CCC(=O)C1CCCCC1)(C(C)C)C(C)C. The fraction of sp³-hybridized carbons (Fsp3) is 0.842. The summed E-state index contributed by atoms with van der Waals surface area (Å²) in [6.07, 6.45) is 6.45. The molecule has 1 aliphatic rings. The van der Waals surface area contributed by atoms with Crippen LogP contribution in [-0.4, -0.2) is 13.9 Å². The molecule has 0 aromatic rings. The maximum Gasteiger partial charge on any atom is 0.147 e. The lowest BCUT2D eigenvalue weighted by atomic mass is 9.85. The molecule has 0 N–H and O–H groups in total. The van der Waals surface area contributed by atoms with Crippen LogP contribution in [0.4, 0.5) is 0 Å². The van der Waals surface area contributed by atoms with Gasteiger partial charge in [0, 0.05) is 5.92 Å². The van der Waals surface area contributed by atoms with Gasteiger partial charge in [0.2, 0.25) is 0 Å². The number of carbonyl (C=O) groups excluding carboxylic acids is 1. The second-order valence-electron chi connectivity index (χ2n) is 7.68. The van der Waals surface area contributed by atoms with E-state index < -0.39 is 8.07 Å². The van der Waals surface area contributed by atoms with Gasteiger partial charge in [-0.05, 0) is 29.5 Å². The van der Waals surface area contributed by atoms with E-state index in [0.29, 0.717) is 34.7 Å². The molecule has 0 unspecified atom stereocenters. The van der Waals surface area contributed by atoms with Crippen LogP contribution < -0.4 is 0 Å². The Morgan fingerprint density at radius 2 is 1.43 bits per heavy atom. The van der Waals surface area contributed by atoms with Crippen molar-refractivity contribution in [2.75, 3.05) is 0 Å². The van der Waals surface area contributed by atoms with Crippen LogP contribution in [0.15, 0.2) is 0 Å². The molecule has 0 amide bonds. The van der Waals surface area contributed by atoms with Gasteiger partial charge < -0.3 is 0 Å². The van der Waals surface area contributed by atoms with Crippen molar-refractivity contribution in [2.45, 2.75) is 96.7 Å². The van der Waals surface area contributed by atoms with E-state index in [1.54, 1.807) is 0 Å². The second-order valence-corrected chi connectivity index (χ2v) is 13.3. The van der Waals surface area contributed by atoms with Gasteiger partial charge in [0.1, 0.15) is 13.9 Å². The van der Waals surface area contributed by atoms with Crippen molar-refractivity contribution in [3.05, 3.63) is 0 Å². The van der Waals surface area contributed by atoms with Gasteiger partial charge in [-0.1, -0.05) is 60.8 Å². The number of hydrogen-bond acceptors (Lipinski definition) is 1. The Hall–Kier alpha value is -0.553. The maximum atomic E-state index is 12.3. The molecule has 1 saturated carbocycles. The highest BCUT2D eigenvalue weighted by Gasteiger charge is 2.41. The first-order valence-corrected chi connectivity index (χ1v) is 11.1. The Morgan fingerprint density at radius 1 is 0.952 bits per heavy atom. The van der Waals surface area contributed by atoms with E-state index in [1.165, 1.54) is 19.3 Å². The predicted molar refractivity (Wildman–Crippen MR) is 95.0 cm³/mol. The molecule has 0 atom stereocenters. The Bertz CT molecular complexity index is 370. The largest absolute Gasteiger partial charge is 0.298 e. The topological polar surface area (TPSA) is 17.1 Å². The number of Topliss-reactive ketones (excluding diaryl/α,β-unsaturated/α-hetero) is 1. The van der Waals surface area contributed by atoms with Crippen LogP contribution >= 0.6 is 0 Å². The molecule has 1 rings (SSSR count). The molecular weight excluding hydrogens is 272 g/mol. The molecule has 1 fully saturated rings. The van der Waals surface area contributed by atoms with E-state index in [9.17, 15) is 4.79 Å². The summed E-state index contributed by atoms with van der Waals surface area (Å²) in [4.78, 5) is 12.3. The smallest absolute Gasteiger partial charge is 0.147 e. The Kier molecular flexibility index (Phi) is 7.20. The summed E-state index contributed by atoms with van der Waals surface area (Å²) in [6, 6.07) is 0. The van der Waals surface area contributed by atoms with Crippen molar-refractivity contribution >= 4 is 13.9 Å². The Morgan fingerprint density at radius 3 is 1.86 bits per heavy atom. The highest BCUT2D eigenvalue weighted by Crippen LogP contribution is 2.40. The number of carbonyl (C=O) groups is 1. The van der Waals surface area contributed by atoms with E-state index in [0.717, 1.165) is 12.8 Å². The van der Waals surface area contributed by atoms with Gasteiger partial charge in [0.15, 0.2) is 0 Å². The van der Waals surface area contributed by atoms with Crippen LogP contribution in [0.3, 0.4) is 0 Å². The molecule has 0 radical (unpaired) electrons. The van der Waals surface area contributed by atoms with Crippen molar-refractivity contribution in [1.82, 2.24) is 0 Å². The maximum absolute atomic E-state index is 12.3. The second kappa shape index (κ2) is 8.18. The van der Waals surface area contributed by atoms with Crippen molar-refractivity contribution < 1.29 is 4.79 Å². The summed E-state index contributed by atoms with van der Waals surface area (Å²) < 4.78 is 0. The third-order valence-electron chi connectivity index (χ3n) is 5.49. The van der Waals surface area contributed by atoms with Gasteiger partial charge in [-0.2, -0.15) is 0 Å². The van der Waals surface area contributed by atoms with Gasteiger partial charge in [0.05, 0.1) is 6.42 Å². The van der Waals surface area contributed by atoms with E-state index in [1.807, 2.05) is 0 Å². The van der Waals surface area contributed by atoms with Gasteiger partial charge >= 0.3 is 0 Å². The lowest BCUT2D eigenvalue weighted by molar-refractivity contribution is -0.122. The zero-order valence-electron chi connectivity index (χ0n) is 15.0. The van der Waals surface area contributed by atoms with Crippen LogP contribution in [-0.2, 0) is 4.79 Å². The summed E-state index contributed by atoms with van der Waals surface area (Å²) in [7, 11) is -1.66. The summed E-state index contributed by atoms with van der Waals surface area (Å²) in [6.45, 7) is 13.9. The molecule has 0 aromatic carbocycles. The van der Waals surface area contributed by atoms with Crippen LogP contribution in [0.1, 0.15) is 80.1 Å². The normalized spacial score (nSPS) is 17.2. The molecule has 120 valence electrons. The molecule has 1 nitrogen and oxygen atoms in total. The Balaban J connectivity index is 2.78. The highest BCUT2D eigenvalue weighted by molar-refractivity contribution is 6.90. The standard InChI is InChI=1S/C19H34OSi/c1-15(2)21(16(3)4,17(5)6)14-10-13-19(20)18-11-8-7-9-12-18/h15-18H,7-9,11-13H2,1-6H3. The number of rotatable bonds is 5. The first kappa shape index (κ1) is 18.5. The molecule has 2 heteroatoms. The van der Waals surface area contributed by atoms with Crippen molar-refractivity contribution in [2.24, 2.45) is 5.92 Å². The number of ketones is 1. The summed E-state index contributed by atoms with van der Waals surface area (Å²) in [5.41, 5.74) is 5.61. The number of hydrogen-bond donors (Lipinski definition) is 0. The fourth-order valence-electron chi connectivity index (χ4n) is 4.29. The molecule has 0 spiro atoms. The van der Waals surface area contributed by atoms with Crippen LogP contribution in [0.25, 0.3) is 0 Å². The summed E-state index contributed by atoms with van der Waals surface area (Å²) in [5, 5.41) is 0. The zero-order chi connectivity index (χ0) is 16.0. The quantitative estimate of drug-likeness (QED) is 0.467. The van der Waals surface area contributed by atoms with Crippen LogP contribution in [0, 0.1) is 17.4 Å². The Labute approximate surface area is 133 Å². The zero-order valence-corrected chi connectivity index (χ0v) is 16.0. The van der Waals surface area contributed by atoms with Crippen molar-refractivity contribution in [3.63, 3.8) is 0 Å². The van der Waals surface area contributed by atoms with Gasteiger partial charge in [-0.25, -0.2) is 0 Å². The van der Waals surface area contributed by atoms with Crippen LogP contribution in [0.2, 0.25) is 16.6 Å². The van der Waals surface area contributed by atoms with Gasteiger partial charge in [-0.15, -0.1) is 11.5 Å². The van der Waals surface area contributed by atoms with E-state index in [4.69, 9.17) is 0 Å². The van der Waals surface area contributed by atoms with Crippen molar-refractivity contribution in [3.8, 4) is 11.5 Å². The van der Waals surface area contributed by atoms with E-state index in [2.05, 4.69) is 53.0 Å².